The van der Waals surface area contributed by atoms with Crippen LogP contribution in [0, 0.1) is 0 Å². The summed E-state index contributed by atoms with van der Waals surface area (Å²) >= 11 is 3.24. The maximum atomic E-state index is 11.3. The minimum absolute atomic E-state index is 0.145. The first-order chi connectivity index (χ1) is 8.51. The van der Waals surface area contributed by atoms with Gasteiger partial charge in [0.05, 0.1) is 13.7 Å². The lowest BCUT2D eigenvalue weighted by atomic mass is 10.0. The van der Waals surface area contributed by atoms with Crippen molar-refractivity contribution in [3.05, 3.63) is 28.2 Å². The molecule has 0 heterocycles. The number of halogens is 1. The Labute approximate surface area is 113 Å². The van der Waals surface area contributed by atoms with Crippen LogP contribution in [0.5, 0.6) is 5.75 Å². The zero-order chi connectivity index (χ0) is 13.7. The molecule has 0 radical (unpaired) electrons. The number of methoxy groups -OCH3 is 1. The number of hydrogen-bond acceptors (Lipinski definition) is 5. The molecule has 0 saturated heterocycles. The van der Waals surface area contributed by atoms with Gasteiger partial charge in [-0.25, -0.2) is 4.79 Å². The van der Waals surface area contributed by atoms with E-state index < -0.39 is 18.2 Å². The molecule has 0 saturated carbocycles. The van der Waals surface area contributed by atoms with Gasteiger partial charge in [0.15, 0.2) is 6.10 Å². The van der Waals surface area contributed by atoms with E-state index in [1.54, 1.807) is 25.1 Å². The highest BCUT2D eigenvalue weighted by Gasteiger charge is 2.28. The Kier molecular flexibility index (Phi) is 5.58. The van der Waals surface area contributed by atoms with E-state index in [0.717, 1.165) is 0 Å². The summed E-state index contributed by atoms with van der Waals surface area (Å²) in [4.78, 5) is 11.3. The zero-order valence-corrected chi connectivity index (χ0v) is 11.7. The van der Waals surface area contributed by atoms with Gasteiger partial charge in [-0.2, -0.15) is 0 Å². The van der Waals surface area contributed by atoms with Gasteiger partial charge in [0.2, 0.25) is 0 Å². The number of ether oxygens (including phenoxy) is 2. The van der Waals surface area contributed by atoms with E-state index >= 15 is 0 Å². The van der Waals surface area contributed by atoms with Crippen LogP contribution < -0.4 is 4.74 Å². The fraction of sp³-hybridized carbons (Fsp3) is 0.417. The highest BCUT2D eigenvalue weighted by atomic mass is 79.9. The molecule has 6 heteroatoms. The van der Waals surface area contributed by atoms with Gasteiger partial charge in [0.1, 0.15) is 11.9 Å². The topological polar surface area (TPSA) is 76.0 Å². The van der Waals surface area contributed by atoms with Gasteiger partial charge < -0.3 is 19.7 Å². The van der Waals surface area contributed by atoms with E-state index in [0.29, 0.717) is 15.8 Å². The van der Waals surface area contributed by atoms with Crippen molar-refractivity contribution in [2.24, 2.45) is 0 Å². The minimum atomic E-state index is -1.62. The summed E-state index contributed by atoms with van der Waals surface area (Å²) in [7, 11) is 1.52. The third kappa shape index (κ3) is 3.44. The van der Waals surface area contributed by atoms with E-state index in [9.17, 15) is 15.0 Å². The van der Waals surface area contributed by atoms with E-state index in [2.05, 4.69) is 20.7 Å². The van der Waals surface area contributed by atoms with Crippen LogP contribution in [-0.4, -0.2) is 36.0 Å². The second kappa shape index (κ2) is 6.72. The van der Waals surface area contributed by atoms with Crippen LogP contribution in [0.3, 0.4) is 0 Å². The third-order valence-electron chi connectivity index (χ3n) is 2.35. The van der Waals surface area contributed by atoms with Crippen LogP contribution in [0.2, 0.25) is 0 Å². The average Bonchev–Trinajstić information content (AvgIpc) is 2.37. The highest BCUT2D eigenvalue weighted by Crippen LogP contribution is 2.29. The monoisotopic (exact) mass is 318 g/mol. The molecule has 100 valence electrons. The highest BCUT2D eigenvalue weighted by molar-refractivity contribution is 9.10. The van der Waals surface area contributed by atoms with Gasteiger partial charge in [-0.1, -0.05) is 22.0 Å². The van der Waals surface area contributed by atoms with Crippen molar-refractivity contribution < 1.29 is 24.5 Å². The molecule has 2 N–H and O–H groups in total. The zero-order valence-electron chi connectivity index (χ0n) is 10.1. The number of esters is 1. The molecule has 1 aromatic carbocycles. The lowest BCUT2D eigenvalue weighted by Crippen LogP contribution is -2.30. The largest absolute Gasteiger partial charge is 0.497 e. The molecule has 2 atom stereocenters. The number of carbonyl (C=O) groups is 1. The van der Waals surface area contributed by atoms with Crippen molar-refractivity contribution >= 4 is 21.9 Å². The van der Waals surface area contributed by atoms with E-state index in [4.69, 9.17) is 4.74 Å². The van der Waals surface area contributed by atoms with E-state index in [-0.39, 0.29) is 6.61 Å². The number of hydrogen-bond donors (Lipinski definition) is 2. The summed E-state index contributed by atoms with van der Waals surface area (Å²) in [6.45, 7) is 1.77. The first-order valence-corrected chi connectivity index (χ1v) is 6.16. The molecule has 0 aliphatic carbocycles. The Hall–Kier alpha value is -1.11. The van der Waals surface area contributed by atoms with Gasteiger partial charge in [-0.15, -0.1) is 0 Å². The van der Waals surface area contributed by atoms with Crippen molar-refractivity contribution in [1.82, 2.24) is 0 Å². The summed E-state index contributed by atoms with van der Waals surface area (Å²) in [6.07, 6.45) is -2.97. The predicted octanol–water partition coefficient (Wildman–Crippen LogP) is 1.42. The molecule has 0 aliphatic rings. The maximum Gasteiger partial charge on any atom is 0.338 e. The van der Waals surface area contributed by atoms with Gasteiger partial charge in [0, 0.05) is 4.47 Å². The quantitative estimate of drug-likeness (QED) is 0.803. The average molecular weight is 319 g/mol. The van der Waals surface area contributed by atoms with Crippen molar-refractivity contribution in [2.45, 2.75) is 19.1 Å². The SMILES string of the molecule is CCOC(=O)C(O)C(O)c1ccc(OC)cc1Br. The second-order valence-electron chi connectivity index (χ2n) is 3.53. The molecule has 0 aliphatic heterocycles. The van der Waals surface area contributed by atoms with Crippen LogP contribution in [0.4, 0.5) is 0 Å². The Morgan fingerprint density at radius 1 is 1.44 bits per heavy atom. The maximum absolute atomic E-state index is 11.3. The van der Waals surface area contributed by atoms with Crippen molar-refractivity contribution in [3.63, 3.8) is 0 Å². The Balaban J connectivity index is 2.89. The van der Waals surface area contributed by atoms with Crippen molar-refractivity contribution in [1.29, 1.82) is 0 Å². The Morgan fingerprint density at radius 3 is 2.61 bits per heavy atom. The molecular weight excluding hydrogens is 304 g/mol. The predicted molar refractivity (Wildman–Crippen MR) is 68.3 cm³/mol. The van der Waals surface area contributed by atoms with Crippen LogP contribution in [-0.2, 0) is 9.53 Å². The number of benzene rings is 1. The summed E-state index contributed by atoms with van der Waals surface area (Å²) in [5.41, 5.74) is 0.386. The first-order valence-electron chi connectivity index (χ1n) is 5.37. The van der Waals surface area contributed by atoms with E-state index in [1.165, 1.54) is 7.11 Å². The molecule has 0 fully saturated rings. The molecule has 1 aromatic rings. The van der Waals surface area contributed by atoms with Gasteiger partial charge in [-0.05, 0) is 24.6 Å². The molecule has 1 rings (SSSR count). The fourth-order valence-corrected chi connectivity index (χ4v) is 1.99. The molecule has 0 aromatic heterocycles. The summed E-state index contributed by atoms with van der Waals surface area (Å²) < 4.78 is 10.2. The molecule has 5 nitrogen and oxygen atoms in total. The third-order valence-corrected chi connectivity index (χ3v) is 3.04. The van der Waals surface area contributed by atoms with Crippen LogP contribution >= 0.6 is 15.9 Å². The molecular formula is C12H15BrO5. The van der Waals surface area contributed by atoms with Crippen molar-refractivity contribution in [3.8, 4) is 5.75 Å². The number of aliphatic hydroxyl groups excluding tert-OH is 2. The standard InChI is InChI=1S/C12H15BrO5/c1-3-18-12(16)11(15)10(14)8-5-4-7(17-2)6-9(8)13/h4-6,10-11,14-15H,3H2,1-2H3. The van der Waals surface area contributed by atoms with Gasteiger partial charge in [-0.3, -0.25) is 0 Å². The molecule has 0 bridgehead atoms. The number of aliphatic hydroxyl groups is 2. The van der Waals surface area contributed by atoms with Gasteiger partial charge in [0.25, 0.3) is 0 Å². The van der Waals surface area contributed by atoms with Crippen molar-refractivity contribution in [2.75, 3.05) is 13.7 Å². The summed E-state index contributed by atoms with van der Waals surface area (Å²) in [6, 6.07) is 4.83. The van der Waals surface area contributed by atoms with Gasteiger partial charge >= 0.3 is 5.97 Å². The number of carbonyl (C=O) groups excluding carboxylic acids is 1. The van der Waals surface area contributed by atoms with Crippen LogP contribution in [0.15, 0.2) is 22.7 Å². The fourth-order valence-electron chi connectivity index (χ4n) is 1.40. The molecule has 2 unspecified atom stereocenters. The Morgan fingerprint density at radius 2 is 2.11 bits per heavy atom. The van der Waals surface area contributed by atoms with Crippen LogP contribution in [0.25, 0.3) is 0 Å². The Bertz CT molecular complexity index is 421. The second-order valence-corrected chi connectivity index (χ2v) is 4.38. The molecule has 0 amide bonds. The summed E-state index contributed by atoms with van der Waals surface area (Å²) in [5, 5.41) is 19.6. The lowest BCUT2D eigenvalue weighted by Gasteiger charge is -2.18. The minimum Gasteiger partial charge on any atom is -0.497 e. The van der Waals surface area contributed by atoms with E-state index in [1.807, 2.05) is 0 Å². The number of rotatable bonds is 5. The normalized spacial score (nSPS) is 13.8. The molecule has 18 heavy (non-hydrogen) atoms. The summed E-state index contributed by atoms with van der Waals surface area (Å²) in [5.74, 6) is -0.254. The smallest absolute Gasteiger partial charge is 0.338 e. The lowest BCUT2D eigenvalue weighted by molar-refractivity contribution is -0.159. The first kappa shape index (κ1) is 14.9. The van der Waals surface area contributed by atoms with Crippen LogP contribution in [0.1, 0.15) is 18.6 Å². The molecule has 0 spiro atoms.